The molecule has 170 valence electrons. The minimum Gasteiger partial charge on any atom is -0.462 e. The largest absolute Gasteiger partial charge is 0.462 e. The molecule has 1 aromatic rings. The van der Waals surface area contributed by atoms with Gasteiger partial charge in [0.1, 0.15) is 4.88 Å². The summed E-state index contributed by atoms with van der Waals surface area (Å²) in [7, 11) is 0. The van der Waals surface area contributed by atoms with Crippen molar-refractivity contribution in [1.82, 2.24) is 0 Å². The molecule has 0 amide bonds. The Kier molecular flexibility index (Phi) is 16.0. The molecule has 0 unspecified atom stereocenters. The van der Waals surface area contributed by atoms with E-state index in [1.165, 1.54) is 75.5 Å². The van der Waals surface area contributed by atoms with E-state index in [0.717, 1.165) is 25.7 Å². The third kappa shape index (κ3) is 14.4. The van der Waals surface area contributed by atoms with Crippen molar-refractivity contribution in [3.8, 4) is 0 Å². The summed E-state index contributed by atoms with van der Waals surface area (Å²) in [5.41, 5.74) is 0.475. The second kappa shape index (κ2) is 18.2. The Morgan fingerprint density at radius 2 is 1.20 bits per heavy atom. The highest BCUT2D eigenvalue weighted by molar-refractivity contribution is 7.11. The van der Waals surface area contributed by atoms with Crippen LogP contribution in [0, 0.1) is 0 Å². The molecule has 0 aromatic carbocycles. The maximum atomic E-state index is 11.7. The first-order valence-electron chi connectivity index (χ1n) is 11.6. The summed E-state index contributed by atoms with van der Waals surface area (Å²) >= 11 is 1.43. The van der Waals surface area contributed by atoms with Crippen molar-refractivity contribution in [1.29, 1.82) is 0 Å². The lowest BCUT2D eigenvalue weighted by atomic mass is 10.0. The van der Waals surface area contributed by atoms with E-state index in [-0.39, 0.29) is 11.9 Å². The van der Waals surface area contributed by atoms with Crippen LogP contribution in [0.5, 0.6) is 0 Å². The molecule has 1 heterocycles. The van der Waals surface area contributed by atoms with Gasteiger partial charge >= 0.3 is 11.9 Å². The summed E-state index contributed by atoms with van der Waals surface area (Å²) in [6, 6.07) is 3.68. The Morgan fingerprint density at radius 1 is 0.767 bits per heavy atom. The van der Waals surface area contributed by atoms with E-state index < -0.39 is 0 Å². The van der Waals surface area contributed by atoms with Crippen molar-refractivity contribution in [2.24, 2.45) is 0 Å². The van der Waals surface area contributed by atoms with Crippen LogP contribution in [0.4, 0.5) is 0 Å². The number of rotatable bonds is 19. The van der Waals surface area contributed by atoms with E-state index in [1.807, 2.05) is 11.4 Å². The molecule has 0 aliphatic heterocycles. The van der Waals surface area contributed by atoms with E-state index in [2.05, 4.69) is 6.58 Å². The predicted molar refractivity (Wildman–Crippen MR) is 125 cm³/mol. The molecule has 30 heavy (non-hydrogen) atoms. The van der Waals surface area contributed by atoms with Gasteiger partial charge in [-0.25, -0.2) is 9.59 Å². The van der Waals surface area contributed by atoms with Crippen molar-refractivity contribution in [3.05, 3.63) is 34.5 Å². The molecule has 0 radical (unpaired) electrons. The summed E-state index contributed by atoms with van der Waals surface area (Å²) in [5, 5.41) is 1.89. The van der Waals surface area contributed by atoms with E-state index in [9.17, 15) is 9.59 Å². The normalized spacial score (nSPS) is 10.7. The minimum absolute atomic E-state index is 0.186. The average Bonchev–Trinajstić information content (AvgIpc) is 3.27. The number of thiophene rings is 1. The van der Waals surface area contributed by atoms with E-state index in [0.29, 0.717) is 23.7 Å². The van der Waals surface area contributed by atoms with Crippen LogP contribution in [0.2, 0.25) is 0 Å². The maximum absolute atomic E-state index is 11.7. The number of carbonyl (C=O) groups excluding carboxylic acids is 2. The van der Waals surface area contributed by atoms with Crippen molar-refractivity contribution in [3.63, 3.8) is 0 Å². The fourth-order valence-electron chi connectivity index (χ4n) is 3.24. The smallest absolute Gasteiger partial charge is 0.348 e. The van der Waals surface area contributed by atoms with Gasteiger partial charge in [-0.1, -0.05) is 89.7 Å². The fourth-order valence-corrected chi connectivity index (χ4v) is 3.86. The Balaban J connectivity index is 1.72. The molecular weight excluding hydrogens is 396 g/mol. The highest BCUT2D eigenvalue weighted by atomic mass is 32.1. The zero-order valence-corrected chi connectivity index (χ0v) is 19.6. The van der Waals surface area contributed by atoms with Crippen LogP contribution in [-0.2, 0) is 14.3 Å². The third-order valence-corrected chi connectivity index (χ3v) is 5.93. The van der Waals surface area contributed by atoms with Crippen molar-refractivity contribution >= 4 is 23.3 Å². The lowest BCUT2D eigenvalue weighted by Crippen LogP contribution is -2.05. The van der Waals surface area contributed by atoms with Crippen molar-refractivity contribution < 1.29 is 19.1 Å². The summed E-state index contributed by atoms with van der Waals surface area (Å²) in [4.78, 5) is 23.6. The van der Waals surface area contributed by atoms with Gasteiger partial charge in [-0.3, -0.25) is 0 Å². The highest BCUT2D eigenvalue weighted by Crippen LogP contribution is 2.14. The zero-order valence-electron chi connectivity index (χ0n) is 18.8. The minimum atomic E-state index is -0.273. The van der Waals surface area contributed by atoms with Crippen LogP contribution in [0.25, 0.3) is 0 Å². The second-order valence-corrected chi connectivity index (χ2v) is 8.93. The molecule has 4 nitrogen and oxygen atoms in total. The van der Waals surface area contributed by atoms with Crippen molar-refractivity contribution in [2.75, 3.05) is 13.2 Å². The zero-order chi connectivity index (χ0) is 21.9. The predicted octanol–water partition coefficient (Wildman–Crippen LogP) is 7.49. The molecule has 5 heteroatoms. The fraction of sp³-hybridized carbons (Fsp3) is 0.680. The van der Waals surface area contributed by atoms with Crippen LogP contribution in [0.1, 0.15) is 106 Å². The lowest BCUT2D eigenvalue weighted by Gasteiger charge is -2.05. The molecule has 0 aliphatic carbocycles. The van der Waals surface area contributed by atoms with E-state index in [1.54, 1.807) is 13.0 Å². The van der Waals surface area contributed by atoms with Gasteiger partial charge in [-0.15, -0.1) is 11.3 Å². The van der Waals surface area contributed by atoms with Crippen LogP contribution < -0.4 is 0 Å². The SMILES string of the molecule is C=C(C)C(=O)OCCCCCCCCCCCCCCCCOC(=O)c1cccs1. The maximum Gasteiger partial charge on any atom is 0.348 e. The summed E-state index contributed by atoms with van der Waals surface area (Å²) < 4.78 is 10.4. The van der Waals surface area contributed by atoms with Gasteiger partial charge in [0.05, 0.1) is 13.2 Å². The second-order valence-electron chi connectivity index (χ2n) is 7.98. The van der Waals surface area contributed by atoms with Gasteiger partial charge in [-0.05, 0) is 31.2 Å². The third-order valence-electron chi connectivity index (χ3n) is 5.08. The number of hydrogen-bond donors (Lipinski definition) is 0. The Morgan fingerprint density at radius 3 is 1.60 bits per heavy atom. The first-order valence-corrected chi connectivity index (χ1v) is 12.5. The van der Waals surface area contributed by atoms with Crippen molar-refractivity contribution in [2.45, 2.75) is 96.8 Å². The summed E-state index contributed by atoms with van der Waals surface area (Å²) in [6.07, 6.45) is 17.2. The van der Waals surface area contributed by atoms with E-state index >= 15 is 0 Å². The molecule has 0 aliphatic rings. The summed E-state index contributed by atoms with van der Waals surface area (Å²) in [5.74, 6) is -0.459. The molecule has 0 saturated heterocycles. The highest BCUT2D eigenvalue weighted by Gasteiger charge is 2.06. The van der Waals surface area contributed by atoms with Crippen LogP contribution in [-0.4, -0.2) is 25.2 Å². The van der Waals surface area contributed by atoms with Gasteiger partial charge in [-0.2, -0.15) is 0 Å². The molecule has 0 atom stereocenters. The van der Waals surface area contributed by atoms with Gasteiger partial charge in [0.15, 0.2) is 0 Å². The number of esters is 2. The first kappa shape index (κ1) is 26.4. The van der Waals surface area contributed by atoms with E-state index in [4.69, 9.17) is 9.47 Å². The van der Waals surface area contributed by atoms with Crippen LogP contribution in [0.15, 0.2) is 29.7 Å². The Labute approximate surface area is 187 Å². The molecule has 0 N–H and O–H groups in total. The first-order chi connectivity index (χ1) is 14.6. The Hall–Kier alpha value is -1.62. The standard InChI is InChI=1S/C25H40O4S/c1-22(2)24(26)28-19-15-13-11-9-7-5-3-4-6-8-10-12-14-16-20-29-25(27)23-18-17-21-30-23/h17-18,21H,1,3-16,19-20H2,2H3. The van der Waals surface area contributed by atoms with Crippen LogP contribution >= 0.6 is 11.3 Å². The molecule has 0 spiro atoms. The molecular formula is C25H40O4S. The number of hydrogen-bond acceptors (Lipinski definition) is 5. The molecule has 0 saturated carbocycles. The van der Waals surface area contributed by atoms with Gasteiger partial charge in [0.2, 0.25) is 0 Å². The molecule has 1 aromatic heterocycles. The summed E-state index contributed by atoms with van der Waals surface area (Å²) in [6.45, 7) is 6.31. The van der Waals surface area contributed by atoms with Gasteiger partial charge < -0.3 is 9.47 Å². The molecule has 0 fully saturated rings. The Bertz CT molecular complexity index is 580. The quantitative estimate of drug-likeness (QED) is 0.128. The number of ether oxygens (including phenoxy) is 2. The monoisotopic (exact) mass is 436 g/mol. The number of carbonyl (C=O) groups is 2. The molecule has 0 bridgehead atoms. The van der Waals surface area contributed by atoms with Crippen LogP contribution in [0.3, 0.4) is 0 Å². The average molecular weight is 437 g/mol. The van der Waals surface area contributed by atoms with Gasteiger partial charge in [0, 0.05) is 5.57 Å². The lowest BCUT2D eigenvalue weighted by molar-refractivity contribution is -0.139. The topological polar surface area (TPSA) is 52.6 Å². The van der Waals surface area contributed by atoms with Gasteiger partial charge in [0.25, 0.3) is 0 Å². The number of unbranched alkanes of at least 4 members (excludes halogenated alkanes) is 13. The molecule has 1 rings (SSSR count).